The van der Waals surface area contributed by atoms with E-state index in [4.69, 9.17) is 4.74 Å². The highest BCUT2D eigenvalue weighted by atomic mass is 32.2. The molecule has 0 bridgehead atoms. The van der Waals surface area contributed by atoms with Crippen LogP contribution in [0, 0.1) is 13.8 Å². The zero-order chi connectivity index (χ0) is 19.6. The topological polar surface area (TPSA) is 98.1 Å². The van der Waals surface area contributed by atoms with Crippen LogP contribution in [0.1, 0.15) is 22.7 Å². The molecule has 0 spiro atoms. The van der Waals surface area contributed by atoms with Gasteiger partial charge in [-0.1, -0.05) is 35.5 Å². The number of esters is 1. The van der Waals surface area contributed by atoms with Gasteiger partial charge < -0.3 is 19.9 Å². The summed E-state index contributed by atoms with van der Waals surface area (Å²) in [5, 5.41) is 14.1. The fourth-order valence-corrected chi connectivity index (χ4v) is 3.78. The van der Waals surface area contributed by atoms with Crippen molar-refractivity contribution < 1.29 is 14.3 Å². The van der Waals surface area contributed by atoms with Crippen molar-refractivity contribution in [3.05, 3.63) is 52.5 Å². The Morgan fingerprint density at radius 2 is 2.15 bits per heavy atom. The number of thioether (sulfide) groups is 1. The summed E-state index contributed by atoms with van der Waals surface area (Å²) in [6, 6.07) is 5.00. The second-order valence-corrected chi connectivity index (χ2v) is 7.23. The lowest BCUT2D eigenvalue weighted by atomic mass is 9.91. The fourth-order valence-electron chi connectivity index (χ4n) is 2.93. The zero-order valence-corrected chi connectivity index (χ0v) is 16.4. The minimum Gasteiger partial charge on any atom is -0.466 e. The number of carbonyl (C=O) groups excluding carboxylic acids is 2. The summed E-state index contributed by atoms with van der Waals surface area (Å²) in [4.78, 5) is 24.9. The molecule has 0 fully saturated rings. The van der Waals surface area contributed by atoms with E-state index in [-0.39, 0.29) is 6.03 Å². The predicted octanol–water partition coefficient (Wildman–Crippen LogP) is 2.01. The van der Waals surface area contributed by atoms with Crippen molar-refractivity contribution in [3.8, 4) is 0 Å². The van der Waals surface area contributed by atoms with Crippen molar-refractivity contribution in [1.29, 1.82) is 0 Å². The Morgan fingerprint density at radius 3 is 2.81 bits per heavy atom. The smallest absolute Gasteiger partial charge is 0.338 e. The summed E-state index contributed by atoms with van der Waals surface area (Å²) in [7, 11) is 3.16. The van der Waals surface area contributed by atoms with Gasteiger partial charge in [-0.2, -0.15) is 0 Å². The van der Waals surface area contributed by atoms with Crippen LogP contribution in [0.3, 0.4) is 0 Å². The fraction of sp³-hybridized carbons (Fsp3) is 0.333. The summed E-state index contributed by atoms with van der Waals surface area (Å²) in [5.74, 6) is -0.131. The summed E-state index contributed by atoms with van der Waals surface area (Å²) in [6.07, 6.45) is 1.60. The highest BCUT2D eigenvalue weighted by Crippen LogP contribution is 2.32. The van der Waals surface area contributed by atoms with Crippen LogP contribution in [0.25, 0.3) is 0 Å². The van der Waals surface area contributed by atoms with E-state index >= 15 is 0 Å². The lowest BCUT2D eigenvalue weighted by Gasteiger charge is -2.30. The largest absolute Gasteiger partial charge is 0.466 e. The third-order valence-electron chi connectivity index (χ3n) is 4.32. The van der Waals surface area contributed by atoms with Gasteiger partial charge in [0.25, 0.3) is 0 Å². The third kappa shape index (κ3) is 3.97. The van der Waals surface area contributed by atoms with Crippen molar-refractivity contribution in [1.82, 2.24) is 25.4 Å². The lowest BCUT2D eigenvalue weighted by Crippen LogP contribution is -2.46. The average molecular weight is 387 g/mol. The van der Waals surface area contributed by atoms with E-state index in [0.29, 0.717) is 22.2 Å². The SMILES string of the molecule is COC(=O)C1=C(CSc2nncn2C)NC(=O)NC1c1cc(C)ccc1C. The third-order valence-corrected chi connectivity index (χ3v) is 5.38. The van der Waals surface area contributed by atoms with E-state index in [1.165, 1.54) is 18.9 Å². The molecule has 2 amide bonds. The van der Waals surface area contributed by atoms with Gasteiger partial charge in [0.1, 0.15) is 6.33 Å². The van der Waals surface area contributed by atoms with E-state index in [0.717, 1.165) is 16.7 Å². The van der Waals surface area contributed by atoms with Gasteiger partial charge >= 0.3 is 12.0 Å². The number of aryl methyl sites for hydroxylation is 3. The van der Waals surface area contributed by atoms with Crippen LogP contribution in [0.5, 0.6) is 0 Å². The second kappa shape index (κ2) is 7.83. The van der Waals surface area contributed by atoms with Gasteiger partial charge in [-0.3, -0.25) is 0 Å². The van der Waals surface area contributed by atoms with Gasteiger partial charge in [-0.05, 0) is 25.0 Å². The number of ether oxygens (including phenoxy) is 1. The molecular weight excluding hydrogens is 366 g/mol. The molecule has 0 saturated carbocycles. The minimum atomic E-state index is -0.582. The number of hydrogen-bond acceptors (Lipinski definition) is 6. The number of methoxy groups -OCH3 is 1. The summed E-state index contributed by atoms with van der Waals surface area (Å²) in [6.45, 7) is 3.92. The first kappa shape index (κ1) is 19.0. The Balaban J connectivity index is 2.03. The number of nitrogens with zero attached hydrogens (tertiary/aromatic N) is 3. The summed E-state index contributed by atoms with van der Waals surface area (Å²) < 4.78 is 6.78. The normalized spacial score (nSPS) is 16.7. The monoisotopic (exact) mass is 387 g/mol. The maximum absolute atomic E-state index is 12.6. The van der Waals surface area contributed by atoms with Gasteiger partial charge in [-0.15, -0.1) is 10.2 Å². The van der Waals surface area contributed by atoms with Crippen molar-refractivity contribution in [2.24, 2.45) is 7.05 Å². The maximum Gasteiger partial charge on any atom is 0.338 e. The summed E-state index contributed by atoms with van der Waals surface area (Å²) >= 11 is 1.38. The van der Waals surface area contributed by atoms with Crippen LogP contribution in [-0.2, 0) is 16.6 Å². The zero-order valence-electron chi connectivity index (χ0n) is 15.6. The predicted molar refractivity (Wildman–Crippen MR) is 101 cm³/mol. The maximum atomic E-state index is 12.6. The summed E-state index contributed by atoms with van der Waals surface area (Å²) in [5.41, 5.74) is 3.79. The van der Waals surface area contributed by atoms with Gasteiger partial charge in [0.15, 0.2) is 5.16 Å². The molecule has 2 aromatic rings. The average Bonchev–Trinajstić information content (AvgIpc) is 3.05. The van der Waals surface area contributed by atoms with Crippen LogP contribution in [-0.4, -0.2) is 39.6 Å². The second-order valence-electron chi connectivity index (χ2n) is 6.29. The van der Waals surface area contributed by atoms with Crippen molar-refractivity contribution in [3.63, 3.8) is 0 Å². The van der Waals surface area contributed by atoms with Crippen molar-refractivity contribution >= 4 is 23.8 Å². The van der Waals surface area contributed by atoms with E-state index in [1.54, 1.807) is 10.9 Å². The Morgan fingerprint density at radius 1 is 1.37 bits per heavy atom. The van der Waals surface area contributed by atoms with Crippen molar-refractivity contribution in [2.75, 3.05) is 12.9 Å². The molecular formula is C18H21N5O3S. The van der Waals surface area contributed by atoms with Crippen molar-refractivity contribution in [2.45, 2.75) is 25.0 Å². The molecule has 8 nitrogen and oxygen atoms in total. The number of rotatable bonds is 5. The first-order valence-electron chi connectivity index (χ1n) is 8.33. The van der Waals surface area contributed by atoms with Crippen LogP contribution in [0.15, 0.2) is 41.0 Å². The molecule has 3 rings (SSSR count). The van der Waals surface area contributed by atoms with Crippen LogP contribution < -0.4 is 10.6 Å². The lowest BCUT2D eigenvalue weighted by molar-refractivity contribution is -0.136. The number of urea groups is 1. The number of amides is 2. The number of nitrogens with one attached hydrogen (secondary N) is 2. The van der Waals surface area contributed by atoms with E-state index < -0.39 is 12.0 Å². The molecule has 9 heteroatoms. The molecule has 1 aromatic heterocycles. The molecule has 1 aliphatic heterocycles. The molecule has 1 unspecified atom stereocenters. The van der Waals surface area contributed by atoms with E-state index in [1.807, 2.05) is 39.1 Å². The van der Waals surface area contributed by atoms with Crippen LogP contribution >= 0.6 is 11.8 Å². The van der Waals surface area contributed by atoms with E-state index in [2.05, 4.69) is 20.8 Å². The molecule has 142 valence electrons. The minimum absolute atomic E-state index is 0.353. The Labute approximate surface area is 161 Å². The van der Waals surface area contributed by atoms with Crippen LogP contribution in [0.4, 0.5) is 4.79 Å². The highest BCUT2D eigenvalue weighted by molar-refractivity contribution is 7.99. The number of aromatic nitrogens is 3. The Bertz CT molecular complexity index is 921. The van der Waals surface area contributed by atoms with Gasteiger partial charge in [-0.25, -0.2) is 9.59 Å². The highest BCUT2D eigenvalue weighted by Gasteiger charge is 2.34. The molecule has 0 radical (unpaired) electrons. The first-order valence-corrected chi connectivity index (χ1v) is 9.32. The van der Waals surface area contributed by atoms with Gasteiger partial charge in [0, 0.05) is 18.5 Å². The number of benzene rings is 1. The van der Waals surface area contributed by atoms with Gasteiger partial charge in [0.05, 0.1) is 18.7 Å². The molecule has 2 N–H and O–H groups in total. The molecule has 1 aromatic carbocycles. The number of carbonyl (C=O) groups is 2. The van der Waals surface area contributed by atoms with Crippen LogP contribution in [0.2, 0.25) is 0 Å². The molecule has 0 saturated heterocycles. The molecule has 0 aliphatic carbocycles. The van der Waals surface area contributed by atoms with Gasteiger partial charge in [0.2, 0.25) is 0 Å². The molecule has 1 aliphatic rings. The molecule has 1 atom stereocenters. The first-order chi connectivity index (χ1) is 12.9. The quantitative estimate of drug-likeness (QED) is 0.602. The Hall–Kier alpha value is -2.81. The standard InChI is InChI=1S/C18H21N5O3S/c1-10-5-6-11(2)12(7-10)15-14(16(24)26-4)13(20-17(25)21-15)8-27-18-22-19-9-23(18)3/h5-7,9,15H,8H2,1-4H3,(H2,20,21,25). The molecule has 2 heterocycles. The number of hydrogen-bond donors (Lipinski definition) is 2. The molecule has 27 heavy (non-hydrogen) atoms. The van der Waals surface area contributed by atoms with E-state index in [9.17, 15) is 9.59 Å². The Kier molecular flexibility index (Phi) is 5.50.